The predicted molar refractivity (Wildman–Crippen MR) is 86.0 cm³/mol. The molecule has 0 saturated heterocycles. The van der Waals surface area contributed by atoms with Crippen LogP contribution in [0.3, 0.4) is 0 Å². The first-order chi connectivity index (χ1) is 9.95. The summed E-state index contributed by atoms with van der Waals surface area (Å²) in [5.41, 5.74) is 8.25. The zero-order valence-corrected chi connectivity index (χ0v) is 12.7. The quantitative estimate of drug-likeness (QED) is 0.742. The molecule has 2 rings (SSSR count). The average molecular weight is 303 g/mol. The lowest BCUT2D eigenvalue weighted by Gasteiger charge is -2.10. The minimum atomic E-state index is -0.598. The fraction of sp³-hybridized carbons (Fsp3) is 0.214. The van der Waals surface area contributed by atoms with E-state index in [9.17, 15) is 4.79 Å². The van der Waals surface area contributed by atoms with Gasteiger partial charge < -0.3 is 16.4 Å². The summed E-state index contributed by atoms with van der Waals surface area (Å²) >= 11 is 5.21. The minimum absolute atomic E-state index is 0.164. The number of aromatic nitrogens is 2. The molecule has 21 heavy (non-hydrogen) atoms. The van der Waals surface area contributed by atoms with E-state index < -0.39 is 5.91 Å². The van der Waals surface area contributed by atoms with Crippen LogP contribution in [0.5, 0.6) is 0 Å². The van der Waals surface area contributed by atoms with Crippen molar-refractivity contribution in [3.63, 3.8) is 0 Å². The van der Waals surface area contributed by atoms with E-state index in [0.29, 0.717) is 17.3 Å². The average Bonchev–Trinajstić information content (AvgIpc) is 2.79. The van der Waals surface area contributed by atoms with Crippen molar-refractivity contribution < 1.29 is 4.79 Å². The van der Waals surface area contributed by atoms with Gasteiger partial charge in [-0.1, -0.05) is 29.8 Å². The van der Waals surface area contributed by atoms with Crippen LogP contribution in [0.25, 0.3) is 0 Å². The Hall–Kier alpha value is -2.41. The van der Waals surface area contributed by atoms with E-state index in [0.717, 1.165) is 5.56 Å². The number of hydrogen-bond acceptors (Lipinski definition) is 3. The summed E-state index contributed by atoms with van der Waals surface area (Å²) in [5.74, 6) is -0.598. The molecule has 0 spiro atoms. The van der Waals surface area contributed by atoms with E-state index in [1.807, 2.05) is 31.2 Å². The third-order valence-corrected chi connectivity index (χ3v) is 3.13. The highest BCUT2D eigenvalue weighted by atomic mass is 32.1. The fourth-order valence-electron chi connectivity index (χ4n) is 1.82. The molecular weight excluding hydrogens is 286 g/mol. The van der Waals surface area contributed by atoms with E-state index in [1.165, 1.54) is 10.2 Å². The van der Waals surface area contributed by atoms with Gasteiger partial charge in [0, 0.05) is 19.8 Å². The topological polar surface area (TPSA) is 85.0 Å². The molecule has 0 aliphatic carbocycles. The lowest BCUT2D eigenvalue weighted by molar-refractivity contribution is 0.0995. The second kappa shape index (κ2) is 6.36. The van der Waals surface area contributed by atoms with Crippen molar-refractivity contribution in [2.24, 2.45) is 12.8 Å². The van der Waals surface area contributed by atoms with Crippen molar-refractivity contribution in [2.75, 3.05) is 5.32 Å². The van der Waals surface area contributed by atoms with Crippen molar-refractivity contribution in [1.82, 2.24) is 15.1 Å². The predicted octanol–water partition coefficient (Wildman–Crippen LogP) is 1.31. The van der Waals surface area contributed by atoms with E-state index in [-0.39, 0.29) is 5.69 Å². The van der Waals surface area contributed by atoms with Gasteiger partial charge in [0.05, 0.1) is 5.69 Å². The summed E-state index contributed by atoms with van der Waals surface area (Å²) in [4.78, 5) is 11.3. The molecule has 7 heteroatoms. The zero-order chi connectivity index (χ0) is 15.4. The maximum atomic E-state index is 11.3. The molecule has 1 aromatic carbocycles. The molecule has 6 nitrogen and oxygen atoms in total. The number of nitrogens with two attached hydrogens (primary N) is 1. The van der Waals surface area contributed by atoms with Gasteiger partial charge in [-0.15, -0.1) is 0 Å². The lowest BCUT2D eigenvalue weighted by atomic mass is 10.1. The van der Waals surface area contributed by atoms with Crippen LogP contribution >= 0.6 is 12.2 Å². The maximum Gasteiger partial charge on any atom is 0.271 e. The number of carbonyl (C=O) groups excluding carboxylic acids is 1. The molecule has 2 aromatic rings. The highest BCUT2D eigenvalue weighted by Crippen LogP contribution is 2.12. The van der Waals surface area contributed by atoms with E-state index in [1.54, 1.807) is 13.2 Å². The molecule has 4 N–H and O–H groups in total. The number of benzene rings is 1. The Morgan fingerprint density at radius 2 is 2.05 bits per heavy atom. The van der Waals surface area contributed by atoms with Gasteiger partial charge in [0.25, 0.3) is 5.91 Å². The molecule has 0 saturated carbocycles. The molecule has 0 atom stereocenters. The lowest BCUT2D eigenvalue weighted by Crippen LogP contribution is -2.28. The van der Waals surface area contributed by atoms with E-state index in [2.05, 4.69) is 15.7 Å². The van der Waals surface area contributed by atoms with Crippen molar-refractivity contribution in [3.8, 4) is 0 Å². The standard InChI is InChI=1S/C14H17N5OS/c1-9-3-5-10(6-4-9)7-16-14(21)17-11-8-19(2)18-12(11)13(15)20/h3-6,8H,7H2,1-2H3,(H2,15,20)(H2,16,17,21). The second-order valence-electron chi connectivity index (χ2n) is 4.72. The van der Waals surface area contributed by atoms with Gasteiger partial charge in [0.2, 0.25) is 0 Å². The number of nitrogens with zero attached hydrogens (tertiary/aromatic N) is 2. The van der Waals surface area contributed by atoms with Crippen LogP contribution in [0.2, 0.25) is 0 Å². The Bertz CT molecular complexity index is 663. The number of anilines is 1. The Morgan fingerprint density at radius 3 is 2.67 bits per heavy atom. The molecular formula is C14H17N5OS. The molecule has 1 aromatic heterocycles. The SMILES string of the molecule is Cc1ccc(CNC(=S)Nc2cn(C)nc2C(N)=O)cc1. The van der Waals surface area contributed by atoms with E-state index >= 15 is 0 Å². The highest BCUT2D eigenvalue weighted by molar-refractivity contribution is 7.80. The number of aryl methyl sites for hydroxylation is 2. The fourth-order valence-corrected chi connectivity index (χ4v) is 2.00. The first-order valence-corrected chi connectivity index (χ1v) is 6.80. The van der Waals surface area contributed by atoms with Gasteiger partial charge in [-0.2, -0.15) is 5.10 Å². The van der Waals surface area contributed by atoms with Crippen LogP contribution < -0.4 is 16.4 Å². The van der Waals surface area contributed by atoms with Gasteiger partial charge in [-0.25, -0.2) is 0 Å². The Balaban J connectivity index is 1.96. The smallest absolute Gasteiger partial charge is 0.271 e. The van der Waals surface area contributed by atoms with Gasteiger partial charge in [0.1, 0.15) is 0 Å². The number of primary amides is 1. The van der Waals surface area contributed by atoms with Crippen LogP contribution in [0.1, 0.15) is 21.6 Å². The van der Waals surface area contributed by atoms with Crippen molar-refractivity contribution in [3.05, 3.63) is 47.3 Å². The number of carbonyl (C=O) groups is 1. The monoisotopic (exact) mass is 303 g/mol. The molecule has 1 amide bonds. The molecule has 0 unspecified atom stereocenters. The number of amides is 1. The van der Waals surface area contributed by atoms with Crippen LogP contribution in [0.4, 0.5) is 5.69 Å². The molecule has 0 bridgehead atoms. The van der Waals surface area contributed by atoms with Crippen molar-refractivity contribution in [2.45, 2.75) is 13.5 Å². The van der Waals surface area contributed by atoms with Crippen LogP contribution in [-0.2, 0) is 13.6 Å². The highest BCUT2D eigenvalue weighted by Gasteiger charge is 2.13. The maximum absolute atomic E-state index is 11.3. The van der Waals surface area contributed by atoms with E-state index in [4.69, 9.17) is 18.0 Å². The van der Waals surface area contributed by atoms with Crippen molar-refractivity contribution >= 4 is 28.9 Å². The number of thiocarbonyl (C=S) groups is 1. The van der Waals surface area contributed by atoms with Gasteiger partial charge in [-0.05, 0) is 24.7 Å². The zero-order valence-electron chi connectivity index (χ0n) is 11.9. The normalized spacial score (nSPS) is 10.2. The summed E-state index contributed by atoms with van der Waals surface area (Å²) in [6.07, 6.45) is 1.65. The second-order valence-corrected chi connectivity index (χ2v) is 5.13. The van der Waals surface area contributed by atoms with Gasteiger partial charge in [0.15, 0.2) is 10.8 Å². The summed E-state index contributed by atoms with van der Waals surface area (Å²) in [5, 5.41) is 10.4. The molecule has 110 valence electrons. The first kappa shape index (κ1) is 15.0. The third kappa shape index (κ3) is 4.03. The van der Waals surface area contributed by atoms with Crippen LogP contribution in [0.15, 0.2) is 30.5 Å². The third-order valence-electron chi connectivity index (χ3n) is 2.88. The molecule has 0 aliphatic heterocycles. The molecule has 0 radical (unpaired) electrons. The largest absolute Gasteiger partial charge is 0.364 e. The molecule has 1 heterocycles. The van der Waals surface area contributed by atoms with Gasteiger partial charge >= 0.3 is 0 Å². The number of hydrogen-bond donors (Lipinski definition) is 3. The molecule has 0 fully saturated rings. The van der Waals surface area contributed by atoms with Crippen LogP contribution in [0, 0.1) is 6.92 Å². The number of rotatable bonds is 4. The van der Waals surface area contributed by atoms with Gasteiger partial charge in [-0.3, -0.25) is 9.48 Å². The summed E-state index contributed by atoms with van der Waals surface area (Å²) in [6, 6.07) is 8.15. The van der Waals surface area contributed by atoms with Crippen LogP contribution in [-0.4, -0.2) is 20.8 Å². The Labute approximate surface area is 128 Å². The number of nitrogens with one attached hydrogen (secondary N) is 2. The molecule has 0 aliphatic rings. The Kier molecular flexibility index (Phi) is 4.54. The Morgan fingerprint density at radius 1 is 1.38 bits per heavy atom. The summed E-state index contributed by atoms with van der Waals surface area (Å²) < 4.78 is 1.50. The van der Waals surface area contributed by atoms with Crippen molar-refractivity contribution in [1.29, 1.82) is 0 Å². The summed E-state index contributed by atoms with van der Waals surface area (Å²) in [7, 11) is 1.71. The first-order valence-electron chi connectivity index (χ1n) is 6.39. The minimum Gasteiger partial charge on any atom is -0.364 e. The summed E-state index contributed by atoms with van der Waals surface area (Å²) in [6.45, 7) is 2.63.